The lowest BCUT2D eigenvalue weighted by Gasteiger charge is -2.23. The highest BCUT2D eigenvalue weighted by Gasteiger charge is 2.38. The molecule has 0 aliphatic carbocycles. The minimum atomic E-state index is -4.15. The van der Waals surface area contributed by atoms with Gasteiger partial charge in [-0.15, -0.1) is 0 Å². The molecular formula is C23H22FN3O5S2. The van der Waals surface area contributed by atoms with Crippen LogP contribution in [0, 0.1) is 5.82 Å². The normalized spacial score (nSPS) is 16.3. The quantitative estimate of drug-likeness (QED) is 0.529. The maximum atomic E-state index is 13.5. The fourth-order valence-corrected chi connectivity index (χ4v) is 5.70. The highest BCUT2D eigenvalue weighted by Crippen LogP contribution is 2.38. The van der Waals surface area contributed by atoms with Gasteiger partial charge >= 0.3 is 0 Å². The van der Waals surface area contributed by atoms with Crippen LogP contribution in [-0.4, -0.2) is 40.3 Å². The lowest BCUT2D eigenvalue weighted by Crippen LogP contribution is -2.27. The van der Waals surface area contributed by atoms with Crippen molar-refractivity contribution in [3.05, 3.63) is 89.7 Å². The van der Waals surface area contributed by atoms with Gasteiger partial charge in [0.2, 0.25) is 10.0 Å². The maximum absolute atomic E-state index is 13.5. The van der Waals surface area contributed by atoms with E-state index in [2.05, 4.69) is 9.82 Å². The second-order valence-corrected chi connectivity index (χ2v) is 11.2. The number of anilines is 1. The zero-order chi connectivity index (χ0) is 24.5. The van der Waals surface area contributed by atoms with Crippen LogP contribution in [0.1, 0.15) is 23.6 Å². The summed E-state index contributed by atoms with van der Waals surface area (Å²) in [7, 11) is -6.20. The summed E-state index contributed by atoms with van der Waals surface area (Å²) in [4.78, 5) is -0.111. The molecule has 11 heteroatoms. The Hall–Kier alpha value is -3.44. The lowest BCUT2D eigenvalue weighted by molar-refractivity contribution is 0.370. The van der Waals surface area contributed by atoms with Crippen molar-refractivity contribution in [2.75, 3.05) is 18.1 Å². The van der Waals surface area contributed by atoms with E-state index in [1.807, 2.05) is 0 Å². The van der Waals surface area contributed by atoms with Gasteiger partial charge in [-0.25, -0.2) is 12.8 Å². The molecule has 3 aromatic rings. The number of rotatable bonds is 7. The van der Waals surface area contributed by atoms with Gasteiger partial charge in [0, 0.05) is 12.0 Å². The summed E-state index contributed by atoms with van der Waals surface area (Å²) in [5, 5.41) is 4.42. The summed E-state index contributed by atoms with van der Waals surface area (Å²) < 4.78 is 72.8. The number of nitrogens with one attached hydrogen (secondary N) is 1. The first kappa shape index (κ1) is 23.7. The van der Waals surface area contributed by atoms with E-state index < -0.39 is 31.9 Å². The molecule has 3 aromatic carbocycles. The zero-order valence-electron chi connectivity index (χ0n) is 18.3. The smallest absolute Gasteiger partial charge is 0.279 e. The Morgan fingerprint density at radius 1 is 0.971 bits per heavy atom. The van der Waals surface area contributed by atoms with Crippen molar-refractivity contribution in [1.82, 2.24) is 4.41 Å². The minimum Gasteiger partial charge on any atom is -0.497 e. The lowest BCUT2D eigenvalue weighted by atomic mass is 9.98. The molecule has 4 rings (SSSR count). The van der Waals surface area contributed by atoms with E-state index in [9.17, 15) is 21.2 Å². The molecule has 0 saturated carbocycles. The van der Waals surface area contributed by atoms with E-state index in [-0.39, 0.29) is 11.3 Å². The first-order chi connectivity index (χ1) is 16.1. The average Bonchev–Trinajstić information content (AvgIpc) is 3.25. The number of benzene rings is 3. The first-order valence-corrected chi connectivity index (χ1v) is 13.5. The summed E-state index contributed by atoms with van der Waals surface area (Å²) in [6, 6.07) is 17.4. The number of ether oxygens (including phenoxy) is 1. The summed E-state index contributed by atoms with van der Waals surface area (Å²) in [5.74, 6) is 0.0515. The van der Waals surface area contributed by atoms with Crippen molar-refractivity contribution in [2.45, 2.75) is 17.4 Å². The second kappa shape index (κ2) is 9.07. The second-order valence-electron chi connectivity index (χ2n) is 7.69. The highest BCUT2D eigenvalue weighted by molar-refractivity contribution is 7.92. The van der Waals surface area contributed by atoms with Gasteiger partial charge in [-0.3, -0.25) is 4.72 Å². The number of hydrogen-bond donors (Lipinski definition) is 1. The summed E-state index contributed by atoms with van der Waals surface area (Å²) >= 11 is 0. The van der Waals surface area contributed by atoms with Gasteiger partial charge in [0.05, 0.1) is 35.7 Å². The average molecular weight is 504 g/mol. The molecule has 1 heterocycles. The molecule has 0 amide bonds. The Morgan fingerprint density at radius 2 is 1.62 bits per heavy atom. The van der Waals surface area contributed by atoms with Gasteiger partial charge in [0.25, 0.3) is 10.0 Å². The Balaban J connectivity index is 1.82. The van der Waals surface area contributed by atoms with E-state index in [1.54, 1.807) is 48.5 Å². The van der Waals surface area contributed by atoms with Gasteiger partial charge in [-0.2, -0.15) is 17.9 Å². The van der Waals surface area contributed by atoms with E-state index in [1.165, 1.54) is 19.2 Å². The molecule has 1 N–H and O–H groups in total. The summed E-state index contributed by atoms with van der Waals surface area (Å²) in [6.45, 7) is 0. The number of hydrazone groups is 1. The monoisotopic (exact) mass is 503 g/mol. The number of halogens is 1. The number of methoxy groups -OCH3 is 1. The molecule has 0 unspecified atom stereocenters. The molecular weight excluding hydrogens is 481 g/mol. The van der Waals surface area contributed by atoms with Crippen LogP contribution < -0.4 is 9.46 Å². The van der Waals surface area contributed by atoms with Gasteiger partial charge in [-0.05, 0) is 48.0 Å². The van der Waals surface area contributed by atoms with Crippen LogP contribution in [0.2, 0.25) is 0 Å². The van der Waals surface area contributed by atoms with Gasteiger partial charge in [-0.1, -0.05) is 30.3 Å². The van der Waals surface area contributed by atoms with E-state index in [0.29, 0.717) is 28.3 Å². The highest BCUT2D eigenvalue weighted by atomic mass is 32.2. The van der Waals surface area contributed by atoms with E-state index >= 15 is 0 Å². The largest absolute Gasteiger partial charge is 0.497 e. The van der Waals surface area contributed by atoms with Crippen LogP contribution in [0.25, 0.3) is 0 Å². The zero-order valence-corrected chi connectivity index (χ0v) is 20.0. The molecule has 178 valence electrons. The number of nitrogens with zero attached hydrogens (tertiary/aromatic N) is 2. The molecule has 1 aliphatic heterocycles. The van der Waals surface area contributed by atoms with E-state index in [0.717, 1.165) is 22.8 Å². The van der Waals surface area contributed by atoms with Crippen LogP contribution in [0.3, 0.4) is 0 Å². The van der Waals surface area contributed by atoms with Crippen LogP contribution in [-0.2, 0) is 20.0 Å². The van der Waals surface area contributed by atoms with Crippen molar-refractivity contribution in [1.29, 1.82) is 0 Å². The summed E-state index contributed by atoms with van der Waals surface area (Å²) in [6.07, 6.45) is 1.22. The predicted molar refractivity (Wildman–Crippen MR) is 127 cm³/mol. The Morgan fingerprint density at radius 3 is 2.24 bits per heavy atom. The molecule has 8 nitrogen and oxygen atoms in total. The molecule has 34 heavy (non-hydrogen) atoms. The Labute approximate surface area is 197 Å². The molecule has 1 aliphatic rings. The van der Waals surface area contributed by atoms with Crippen LogP contribution >= 0.6 is 0 Å². The minimum absolute atomic E-state index is 0.111. The topological polar surface area (TPSA) is 105 Å². The Kier molecular flexibility index (Phi) is 6.32. The van der Waals surface area contributed by atoms with Crippen LogP contribution in [0.5, 0.6) is 5.75 Å². The molecule has 0 fully saturated rings. The third-order valence-corrected chi connectivity index (χ3v) is 7.55. The molecule has 1 atom stereocenters. The molecule has 0 radical (unpaired) electrons. The van der Waals surface area contributed by atoms with Crippen LogP contribution in [0.4, 0.5) is 10.1 Å². The number of sulfonamides is 2. The third-order valence-electron chi connectivity index (χ3n) is 5.26. The third kappa shape index (κ3) is 4.90. The Bertz CT molecular complexity index is 1440. The fraction of sp³-hybridized carbons (Fsp3) is 0.174. The predicted octanol–water partition coefficient (Wildman–Crippen LogP) is 3.75. The van der Waals surface area contributed by atoms with Gasteiger partial charge < -0.3 is 4.74 Å². The first-order valence-electron chi connectivity index (χ1n) is 10.2. The maximum Gasteiger partial charge on any atom is 0.279 e. The van der Waals surface area contributed by atoms with Crippen molar-refractivity contribution >= 4 is 31.4 Å². The molecule has 0 aromatic heterocycles. The number of para-hydroxylation sites is 1. The van der Waals surface area contributed by atoms with E-state index in [4.69, 9.17) is 4.74 Å². The van der Waals surface area contributed by atoms with Crippen molar-refractivity contribution in [3.8, 4) is 5.75 Å². The van der Waals surface area contributed by atoms with Crippen molar-refractivity contribution < 1.29 is 26.0 Å². The molecule has 0 spiro atoms. The molecule has 0 bridgehead atoms. The molecule has 0 saturated heterocycles. The SMILES string of the molecule is COc1ccc([C@@H]2CC(c3ccccc3NS(C)(=O)=O)=NN2S(=O)(=O)c2ccc(F)cc2)cc1. The standard InChI is InChI=1S/C23H22FN3O5S2/c1-32-18-11-7-16(8-12-18)23-15-22(20-5-3-4-6-21(20)26-33(2,28)29)25-27(23)34(30,31)19-13-9-17(24)10-14-19/h3-14,23,26H,15H2,1-2H3/t23-/m0/s1. The van der Waals surface area contributed by atoms with Gasteiger partial charge in [0.15, 0.2) is 0 Å². The van der Waals surface area contributed by atoms with Gasteiger partial charge in [0.1, 0.15) is 11.6 Å². The fourth-order valence-electron chi connectivity index (χ4n) is 3.69. The number of hydrogen-bond acceptors (Lipinski definition) is 6. The summed E-state index contributed by atoms with van der Waals surface area (Å²) in [5.41, 5.74) is 1.80. The van der Waals surface area contributed by atoms with Crippen molar-refractivity contribution in [3.63, 3.8) is 0 Å². The van der Waals surface area contributed by atoms with Crippen molar-refractivity contribution in [2.24, 2.45) is 5.10 Å². The van der Waals surface area contributed by atoms with Crippen LogP contribution in [0.15, 0.2) is 82.8 Å².